The molecule has 0 fully saturated rings. The van der Waals surface area contributed by atoms with Gasteiger partial charge in [0.05, 0.1) is 0 Å². The van der Waals surface area contributed by atoms with Gasteiger partial charge in [-0.2, -0.15) is 0 Å². The number of rotatable bonds is 2. The van der Waals surface area contributed by atoms with E-state index in [2.05, 4.69) is 29.6 Å². The van der Waals surface area contributed by atoms with Gasteiger partial charge in [0.2, 0.25) is 5.91 Å². The van der Waals surface area contributed by atoms with Gasteiger partial charge in [0.1, 0.15) is 0 Å². The summed E-state index contributed by atoms with van der Waals surface area (Å²) in [4.78, 5) is 11.5. The Balaban J connectivity index is 1.95. The van der Waals surface area contributed by atoms with Gasteiger partial charge in [-0.3, -0.25) is 4.79 Å². The molecule has 2 aromatic carbocycles. The van der Waals surface area contributed by atoms with Crippen molar-refractivity contribution in [2.24, 2.45) is 5.73 Å². The number of primary amides is 1. The summed E-state index contributed by atoms with van der Waals surface area (Å²) in [5, 5.41) is 3.48. The Hall–Kier alpha value is -2.13. The summed E-state index contributed by atoms with van der Waals surface area (Å²) in [6.45, 7) is 0.827. The molecular formula is C16H16N2O. The fourth-order valence-corrected chi connectivity index (χ4v) is 2.70. The number of nitrogens with one attached hydrogen (secondary N) is 1. The zero-order valence-electron chi connectivity index (χ0n) is 10.6. The smallest absolute Gasteiger partial charge is 0.249 e. The van der Waals surface area contributed by atoms with E-state index in [4.69, 9.17) is 5.73 Å². The second-order valence-corrected chi connectivity index (χ2v) is 4.86. The average molecular weight is 252 g/mol. The zero-order chi connectivity index (χ0) is 13.2. The van der Waals surface area contributed by atoms with Gasteiger partial charge in [-0.1, -0.05) is 42.5 Å². The summed E-state index contributed by atoms with van der Waals surface area (Å²) in [6, 6.07) is 16.1. The van der Waals surface area contributed by atoms with Crippen LogP contribution in [0.3, 0.4) is 0 Å². The van der Waals surface area contributed by atoms with Crippen molar-refractivity contribution in [1.82, 2.24) is 5.32 Å². The number of nitrogens with two attached hydrogens (primary N) is 1. The molecule has 1 aliphatic rings. The summed E-state index contributed by atoms with van der Waals surface area (Å²) >= 11 is 0. The van der Waals surface area contributed by atoms with Gasteiger partial charge in [0, 0.05) is 18.2 Å². The molecule has 1 atom stereocenters. The van der Waals surface area contributed by atoms with E-state index in [9.17, 15) is 4.79 Å². The first-order valence-electron chi connectivity index (χ1n) is 6.44. The van der Waals surface area contributed by atoms with Crippen molar-refractivity contribution in [3.8, 4) is 0 Å². The van der Waals surface area contributed by atoms with E-state index in [0.29, 0.717) is 5.56 Å². The molecule has 0 spiro atoms. The standard InChI is InChI=1S/C16H16N2O/c17-16(19)14-8-4-3-7-13(14)15-9-11-5-1-2-6-12(11)10-18-15/h1-8,15,18H,9-10H2,(H2,17,19). The maximum atomic E-state index is 11.5. The third kappa shape index (κ3) is 2.25. The number of hydrogen-bond donors (Lipinski definition) is 2. The lowest BCUT2D eigenvalue weighted by Gasteiger charge is -2.27. The van der Waals surface area contributed by atoms with Gasteiger partial charge in [-0.05, 0) is 29.2 Å². The van der Waals surface area contributed by atoms with Crippen molar-refractivity contribution >= 4 is 5.91 Å². The fourth-order valence-electron chi connectivity index (χ4n) is 2.70. The summed E-state index contributed by atoms with van der Waals surface area (Å²) in [7, 11) is 0. The van der Waals surface area contributed by atoms with Gasteiger partial charge >= 0.3 is 0 Å². The largest absolute Gasteiger partial charge is 0.366 e. The van der Waals surface area contributed by atoms with Crippen molar-refractivity contribution in [2.75, 3.05) is 0 Å². The molecule has 0 bridgehead atoms. The zero-order valence-corrected chi connectivity index (χ0v) is 10.6. The van der Waals surface area contributed by atoms with Crippen LogP contribution in [0.5, 0.6) is 0 Å². The third-order valence-electron chi connectivity index (χ3n) is 3.68. The number of carbonyl (C=O) groups excluding carboxylic acids is 1. The molecule has 3 rings (SSSR count). The van der Waals surface area contributed by atoms with Crippen LogP contribution in [0.15, 0.2) is 48.5 Å². The van der Waals surface area contributed by atoms with Crippen LogP contribution in [0.4, 0.5) is 0 Å². The number of hydrogen-bond acceptors (Lipinski definition) is 2. The van der Waals surface area contributed by atoms with Crippen LogP contribution in [0, 0.1) is 0 Å². The van der Waals surface area contributed by atoms with E-state index in [1.54, 1.807) is 6.07 Å². The second-order valence-electron chi connectivity index (χ2n) is 4.86. The molecule has 96 valence electrons. The number of amides is 1. The molecule has 1 unspecified atom stereocenters. The summed E-state index contributed by atoms with van der Waals surface area (Å²) in [6.07, 6.45) is 0.889. The van der Waals surface area contributed by atoms with E-state index in [0.717, 1.165) is 18.5 Å². The molecule has 2 aromatic rings. The molecule has 3 nitrogen and oxygen atoms in total. The van der Waals surface area contributed by atoms with Crippen LogP contribution in [0.25, 0.3) is 0 Å². The SMILES string of the molecule is NC(=O)c1ccccc1C1Cc2ccccc2CN1. The Kier molecular flexibility index (Phi) is 3.05. The third-order valence-corrected chi connectivity index (χ3v) is 3.68. The first-order chi connectivity index (χ1) is 9.25. The number of fused-ring (bicyclic) bond motifs is 1. The van der Waals surface area contributed by atoms with E-state index in [1.807, 2.05) is 18.2 Å². The van der Waals surface area contributed by atoms with Gasteiger partial charge < -0.3 is 11.1 Å². The van der Waals surface area contributed by atoms with Crippen LogP contribution in [0.2, 0.25) is 0 Å². The van der Waals surface area contributed by atoms with E-state index < -0.39 is 0 Å². The Labute approximate surface area is 112 Å². The molecule has 0 saturated heterocycles. The minimum atomic E-state index is -0.365. The first-order valence-corrected chi connectivity index (χ1v) is 6.44. The monoisotopic (exact) mass is 252 g/mol. The lowest BCUT2D eigenvalue weighted by atomic mass is 9.89. The van der Waals surface area contributed by atoms with Crippen molar-refractivity contribution in [3.63, 3.8) is 0 Å². The van der Waals surface area contributed by atoms with Crippen molar-refractivity contribution in [3.05, 3.63) is 70.8 Å². The number of carbonyl (C=O) groups is 1. The quantitative estimate of drug-likeness (QED) is 0.860. The summed E-state index contributed by atoms with van der Waals surface area (Å²) in [5.74, 6) is -0.365. The van der Waals surface area contributed by atoms with Gasteiger partial charge in [0.25, 0.3) is 0 Å². The van der Waals surface area contributed by atoms with Crippen LogP contribution in [-0.4, -0.2) is 5.91 Å². The maximum Gasteiger partial charge on any atom is 0.249 e. The molecule has 3 heteroatoms. The Bertz CT molecular complexity index is 622. The highest BCUT2D eigenvalue weighted by Gasteiger charge is 2.22. The molecule has 0 aromatic heterocycles. The lowest BCUT2D eigenvalue weighted by Crippen LogP contribution is -2.30. The molecule has 1 amide bonds. The lowest BCUT2D eigenvalue weighted by molar-refractivity contribution is 0.0998. The highest BCUT2D eigenvalue weighted by atomic mass is 16.1. The minimum absolute atomic E-state index is 0.151. The Morgan fingerprint density at radius 2 is 1.74 bits per heavy atom. The van der Waals surface area contributed by atoms with Gasteiger partial charge in [-0.25, -0.2) is 0 Å². The first kappa shape index (κ1) is 11.9. The van der Waals surface area contributed by atoms with Crippen LogP contribution in [-0.2, 0) is 13.0 Å². The van der Waals surface area contributed by atoms with Crippen LogP contribution >= 0.6 is 0 Å². The predicted octanol–water partition coefficient (Wildman–Crippen LogP) is 2.17. The molecule has 1 aliphatic heterocycles. The molecule has 0 radical (unpaired) electrons. The molecule has 3 N–H and O–H groups in total. The highest BCUT2D eigenvalue weighted by molar-refractivity contribution is 5.94. The van der Waals surface area contributed by atoms with Crippen LogP contribution in [0.1, 0.15) is 33.1 Å². The van der Waals surface area contributed by atoms with E-state index in [1.165, 1.54) is 11.1 Å². The highest BCUT2D eigenvalue weighted by Crippen LogP contribution is 2.27. The summed E-state index contributed by atoms with van der Waals surface area (Å²) in [5.41, 5.74) is 9.72. The van der Waals surface area contributed by atoms with Gasteiger partial charge in [0.15, 0.2) is 0 Å². The van der Waals surface area contributed by atoms with Crippen molar-refractivity contribution < 1.29 is 4.79 Å². The van der Waals surface area contributed by atoms with E-state index in [-0.39, 0.29) is 11.9 Å². The molecule has 1 heterocycles. The van der Waals surface area contributed by atoms with Gasteiger partial charge in [-0.15, -0.1) is 0 Å². The molecule has 19 heavy (non-hydrogen) atoms. The maximum absolute atomic E-state index is 11.5. The normalized spacial score (nSPS) is 17.8. The molecular weight excluding hydrogens is 236 g/mol. The fraction of sp³-hybridized carbons (Fsp3) is 0.188. The molecule has 0 aliphatic carbocycles. The van der Waals surface area contributed by atoms with Crippen molar-refractivity contribution in [1.29, 1.82) is 0 Å². The minimum Gasteiger partial charge on any atom is -0.366 e. The molecule has 0 saturated carbocycles. The predicted molar refractivity (Wildman–Crippen MR) is 74.7 cm³/mol. The van der Waals surface area contributed by atoms with Crippen molar-refractivity contribution in [2.45, 2.75) is 19.0 Å². The average Bonchev–Trinajstić information content (AvgIpc) is 2.46. The van der Waals surface area contributed by atoms with Crippen LogP contribution < -0.4 is 11.1 Å². The Morgan fingerprint density at radius 1 is 1.05 bits per heavy atom. The summed E-state index contributed by atoms with van der Waals surface area (Å²) < 4.78 is 0. The number of benzene rings is 2. The Morgan fingerprint density at radius 3 is 2.53 bits per heavy atom. The second kappa shape index (κ2) is 4.86. The topological polar surface area (TPSA) is 55.1 Å². The van der Waals surface area contributed by atoms with E-state index >= 15 is 0 Å².